The highest BCUT2D eigenvalue weighted by molar-refractivity contribution is 9.10. The number of nitriles is 1. The highest BCUT2D eigenvalue weighted by Crippen LogP contribution is 2.34. The van der Waals surface area contributed by atoms with Crippen LogP contribution < -0.4 is 0 Å². The standard InChI is InChI=1S/C13H13BrFNO/c14-11-5-10(6-12(15)7-11)8-13(9-16)1-3-17-4-2-13/h5-7H,1-4,8H2. The quantitative estimate of drug-likeness (QED) is 0.838. The fraction of sp³-hybridized carbons (Fsp3) is 0.462. The largest absolute Gasteiger partial charge is 0.381 e. The molecule has 17 heavy (non-hydrogen) atoms. The molecule has 0 spiro atoms. The summed E-state index contributed by atoms with van der Waals surface area (Å²) in [5, 5.41) is 9.33. The van der Waals surface area contributed by atoms with Gasteiger partial charge < -0.3 is 4.74 Å². The molecular formula is C13H13BrFNO. The monoisotopic (exact) mass is 297 g/mol. The third-order valence-corrected chi connectivity index (χ3v) is 3.61. The van der Waals surface area contributed by atoms with E-state index < -0.39 is 5.41 Å². The maximum atomic E-state index is 13.3. The van der Waals surface area contributed by atoms with Crippen LogP contribution in [-0.4, -0.2) is 13.2 Å². The van der Waals surface area contributed by atoms with Crippen LogP contribution in [-0.2, 0) is 11.2 Å². The molecule has 1 saturated heterocycles. The van der Waals surface area contributed by atoms with Crippen molar-refractivity contribution >= 4 is 15.9 Å². The van der Waals surface area contributed by atoms with Gasteiger partial charge in [0.05, 0.1) is 11.5 Å². The van der Waals surface area contributed by atoms with Crippen LogP contribution in [0, 0.1) is 22.6 Å². The van der Waals surface area contributed by atoms with Gasteiger partial charge in [-0.3, -0.25) is 0 Å². The fourth-order valence-electron chi connectivity index (χ4n) is 2.19. The lowest BCUT2D eigenvalue weighted by molar-refractivity contribution is 0.0406. The number of benzene rings is 1. The van der Waals surface area contributed by atoms with E-state index in [1.165, 1.54) is 12.1 Å². The van der Waals surface area contributed by atoms with Crippen molar-refractivity contribution in [2.24, 2.45) is 5.41 Å². The zero-order valence-corrected chi connectivity index (χ0v) is 11.0. The summed E-state index contributed by atoms with van der Waals surface area (Å²) in [4.78, 5) is 0. The molecule has 90 valence electrons. The van der Waals surface area contributed by atoms with Crippen molar-refractivity contribution in [1.82, 2.24) is 0 Å². The van der Waals surface area contributed by atoms with E-state index in [0.717, 1.165) is 18.4 Å². The van der Waals surface area contributed by atoms with Crippen LogP contribution in [0.3, 0.4) is 0 Å². The smallest absolute Gasteiger partial charge is 0.124 e. The Hall–Kier alpha value is -0.920. The van der Waals surface area contributed by atoms with Crippen LogP contribution >= 0.6 is 15.9 Å². The first-order valence-corrected chi connectivity index (χ1v) is 6.37. The molecular weight excluding hydrogens is 285 g/mol. The lowest BCUT2D eigenvalue weighted by atomic mass is 9.76. The van der Waals surface area contributed by atoms with E-state index in [1.807, 2.05) is 6.07 Å². The van der Waals surface area contributed by atoms with Gasteiger partial charge in [-0.25, -0.2) is 4.39 Å². The fourth-order valence-corrected chi connectivity index (χ4v) is 2.71. The molecule has 0 aliphatic carbocycles. The second-order valence-corrected chi connectivity index (χ2v) is 5.37. The Kier molecular flexibility index (Phi) is 3.80. The average Bonchev–Trinajstić information content (AvgIpc) is 2.29. The number of rotatable bonds is 2. The molecule has 1 aromatic rings. The lowest BCUT2D eigenvalue weighted by Gasteiger charge is -2.30. The van der Waals surface area contributed by atoms with Crippen LogP contribution in [0.15, 0.2) is 22.7 Å². The van der Waals surface area contributed by atoms with Gasteiger partial charge in [-0.1, -0.05) is 15.9 Å². The Labute approximate surface area is 109 Å². The molecule has 1 aliphatic heterocycles. The predicted molar refractivity (Wildman–Crippen MR) is 65.9 cm³/mol. The molecule has 0 atom stereocenters. The molecule has 0 bridgehead atoms. The van der Waals surface area contributed by atoms with E-state index in [1.54, 1.807) is 0 Å². The van der Waals surface area contributed by atoms with Crippen LogP contribution in [0.5, 0.6) is 0 Å². The first kappa shape index (κ1) is 12.5. The van der Waals surface area contributed by atoms with Gasteiger partial charge in [0, 0.05) is 17.7 Å². The summed E-state index contributed by atoms with van der Waals surface area (Å²) >= 11 is 3.27. The first-order valence-electron chi connectivity index (χ1n) is 5.58. The Morgan fingerprint density at radius 3 is 2.65 bits per heavy atom. The highest BCUT2D eigenvalue weighted by atomic mass is 79.9. The number of hydrogen-bond donors (Lipinski definition) is 0. The predicted octanol–water partition coefficient (Wildman–Crippen LogP) is 3.45. The van der Waals surface area contributed by atoms with E-state index >= 15 is 0 Å². The molecule has 0 aromatic heterocycles. The Morgan fingerprint density at radius 1 is 1.35 bits per heavy atom. The normalized spacial score (nSPS) is 18.6. The molecule has 1 fully saturated rings. The maximum Gasteiger partial charge on any atom is 0.124 e. The number of ether oxygens (including phenoxy) is 1. The Balaban J connectivity index is 2.21. The van der Waals surface area contributed by atoms with E-state index in [4.69, 9.17) is 4.74 Å². The molecule has 1 aliphatic rings. The molecule has 2 rings (SSSR count). The summed E-state index contributed by atoms with van der Waals surface area (Å²) in [6.07, 6.45) is 2.03. The molecule has 4 heteroatoms. The molecule has 0 unspecified atom stereocenters. The van der Waals surface area contributed by atoms with Crippen molar-refractivity contribution in [1.29, 1.82) is 5.26 Å². The van der Waals surface area contributed by atoms with Gasteiger partial charge in [0.25, 0.3) is 0 Å². The van der Waals surface area contributed by atoms with Crippen LogP contribution in [0.4, 0.5) is 4.39 Å². The molecule has 0 amide bonds. The van der Waals surface area contributed by atoms with Gasteiger partial charge in [0.2, 0.25) is 0 Å². The summed E-state index contributed by atoms with van der Waals surface area (Å²) in [6, 6.07) is 7.18. The van der Waals surface area contributed by atoms with E-state index in [-0.39, 0.29) is 5.82 Å². The minimum Gasteiger partial charge on any atom is -0.381 e. The Morgan fingerprint density at radius 2 is 2.06 bits per heavy atom. The number of nitrogens with zero attached hydrogens (tertiary/aromatic N) is 1. The summed E-state index contributed by atoms with van der Waals surface area (Å²) < 4.78 is 19.3. The van der Waals surface area contributed by atoms with Crippen molar-refractivity contribution in [3.63, 3.8) is 0 Å². The first-order chi connectivity index (χ1) is 8.13. The van der Waals surface area contributed by atoms with Crippen LogP contribution in [0.1, 0.15) is 18.4 Å². The second kappa shape index (κ2) is 5.16. The topological polar surface area (TPSA) is 33.0 Å². The lowest BCUT2D eigenvalue weighted by Crippen LogP contribution is -2.30. The molecule has 0 radical (unpaired) electrons. The van der Waals surface area contributed by atoms with Crippen molar-refractivity contribution in [3.05, 3.63) is 34.1 Å². The summed E-state index contributed by atoms with van der Waals surface area (Å²) in [5.41, 5.74) is 0.464. The van der Waals surface area contributed by atoms with E-state index in [9.17, 15) is 9.65 Å². The summed E-state index contributed by atoms with van der Waals surface area (Å²) in [7, 11) is 0. The number of hydrogen-bond acceptors (Lipinski definition) is 2. The minimum absolute atomic E-state index is 0.269. The third-order valence-electron chi connectivity index (χ3n) is 3.15. The zero-order chi connectivity index (χ0) is 12.3. The van der Waals surface area contributed by atoms with Gasteiger partial charge >= 0.3 is 0 Å². The maximum absolute atomic E-state index is 13.3. The second-order valence-electron chi connectivity index (χ2n) is 4.46. The van der Waals surface area contributed by atoms with Gasteiger partial charge in [0.15, 0.2) is 0 Å². The molecule has 1 aromatic carbocycles. The van der Waals surface area contributed by atoms with Crippen LogP contribution in [0.25, 0.3) is 0 Å². The summed E-state index contributed by atoms with van der Waals surface area (Å²) in [6.45, 7) is 1.23. The minimum atomic E-state index is -0.397. The van der Waals surface area contributed by atoms with Crippen molar-refractivity contribution < 1.29 is 9.13 Å². The van der Waals surface area contributed by atoms with Gasteiger partial charge in [-0.05, 0) is 43.0 Å². The van der Waals surface area contributed by atoms with Crippen molar-refractivity contribution in [2.75, 3.05) is 13.2 Å². The van der Waals surface area contributed by atoms with Crippen molar-refractivity contribution in [3.8, 4) is 6.07 Å². The molecule has 2 nitrogen and oxygen atoms in total. The molecule has 0 saturated carbocycles. The molecule has 1 heterocycles. The number of halogens is 2. The van der Waals surface area contributed by atoms with Gasteiger partial charge in [0.1, 0.15) is 5.82 Å². The highest BCUT2D eigenvalue weighted by Gasteiger charge is 2.32. The molecule has 0 N–H and O–H groups in total. The van der Waals surface area contributed by atoms with Crippen molar-refractivity contribution in [2.45, 2.75) is 19.3 Å². The zero-order valence-electron chi connectivity index (χ0n) is 9.38. The Bertz CT molecular complexity index is 429. The van der Waals surface area contributed by atoms with Gasteiger partial charge in [-0.2, -0.15) is 5.26 Å². The average molecular weight is 298 g/mol. The summed E-state index contributed by atoms with van der Waals surface area (Å²) in [5.74, 6) is -0.269. The third kappa shape index (κ3) is 3.05. The van der Waals surface area contributed by atoms with Crippen LogP contribution in [0.2, 0.25) is 0 Å². The van der Waals surface area contributed by atoms with Gasteiger partial charge in [-0.15, -0.1) is 0 Å². The SMILES string of the molecule is N#CC1(Cc2cc(F)cc(Br)c2)CCOCC1. The van der Waals surface area contributed by atoms with E-state index in [2.05, 4.69) is 22.0 Å². The van der Waals surface area contributed by atoms with E-state index in [0.29, 0.717) is 24.1 Å².